The molecule has 4 rings (SSSR count). The third-order valence-corrected chi connectivity index (χ3v) is 7.59. The zero-order valence-corrected chi connectivity index (χ0v) is 21.2. The third-order valence-electron chi connectivity index (χ3n) is 5.80. The van der Waals surface area contributed by atoms with Gasteiger partial charge in [0.25, 0.3) is 0 Å². The van der Waals surface area contributed by atoms with Gasteiger partial charge in [-0.15, -0.1) is 0 Å². The first-order chi connectivity index (χ1) is 16.6. The van der Waals surface area contributed by atoms with Crippen molar-refractivity contribution in [1.29, 1.82) is 0 Å². The SMILES string of the molecule is O=C(NCCCSCc1ccccc1Cl)C1CCCN(Cc2nc(-c3ccccc3Cl)no2)C1. The lowest BCUT2D eigenvalue weighted by atomic mass is 9.97. The number of aromatic nitrogens is 2. The van der Waals surface area contributed by atoms with Crippen LogP contribution in [-0.4, -0.2) is 46.3 Å². The first-order valence-corrected chi connectivity index (χ1v) is 13.4. The predicted molar refractivity (Wildman–Crippen MR) is 138 cm³/mol. The fourth-order valence-electron chi connectivity index (χ4n) is 4.00. The molecule has 9 heteroatoms. The molecular weight excluding hydrogens is 491 g/mol. The van der Waals surface area contributed by atoms with Crippen LogP contribution in [0.15, 0.2) is 53.1 Å². The number of carbonyl (C=O) groups excluding carboxylic acids is 1. The third kappa shape index (κ3) is 6.98. The Hall–Kier alpha value is -2.06. The van der Waals surface area contributed by atoms with Gasteiger partial charge in [0.05, 0.1) is 17.5 Å². The summed E-state index contributed by atoms with van der Waals surface area (Å²) in [5.41, 5.74) is 1.90. The van der Waals surface area contributed by atoms with Crippen molar-refractivity contribution in [3.8, 4) is 11.4 Å². The standard InChI is InChI=1S/C25H28Cl2N4O2S/c26-21-10-3-1-7-19(21)17-34-14-6-12-28-25(32)18-8-5-13-31(15-18)16-23-29-24(30-33-23)20-9-2-4-11-22(20)27/h1-4,7,9-11,18H,5-6,8,12-17H2,(H,28,32). The second-order valence-electron chi connectivity index (χ2n) is 8.35. The number of thioether (sulfide) groups is 1. The Morgan fingerprint density at radius 2 is 1.94 bits per heavy atom. The van der Waals surface area contributed by atoms with E-state index >= 15 is 0 Å². The topological polar surface area (TPSA) is 71.3 Å². The Balaban J connectivity index is 1.17. The van der Waals surface area contributed by atoms with E-state index in [0.717, 1.165) is 53.5 Å². The number of carbonyl (C=O) groups is 1. The molecule has 1 aliphatic heterocycles. The molecule has 2 heterocycles. The van der Waals surface area contributed by atoms with Gasteiger partial charge in [0.15, 0.2) is 0 Å². The largest absolute Gasteiger partial charge is 0.356 e. The van der Waals surface area contributed by atoms with Gasteiger partial charge in [-0.2, -0.15) is 16.7 Å². The van der Waals surface area contributed by atoms with E-state index in [2.05, 4.69) is 26.4 Å². The van der Waals surface area contributed by atoms with Crippen molar-refractivity contribution in [2.75, 3.05) is 25.4 Å². The van der Waals surface area contributed by atoms with Crippen molar-refractivity contribution in [3.63, 3.8) is 0 Å². The van der Waals surface area contributed by atoms with Gasteiger partial charge in [-0.3, -0.25) is 9.69 Å². The normalized spacial score (nSPS) is 16.5. The number of hydrogen-bond acceptors (Lipinski definition) is 6. The molecule has 1 amide bonds. The van der Waals surface area contributed by atoms with Gasteiger partial charge in [0.2, 0.25) is 17.6 Å². The number of piperidine rings is 1. The molecule has 0 bridgehead atoms. The smallest absolute Gasteiger partial charge is 0.241 e. The minimum absolute atomic E-state index is 0.0181. The molecule has 1 unspecified atom stereocenters. The number of amides is 1. The molecular formula is C25H28Cl2N4O2S. The molecule has 34 heavy (non-hydrogen) atoms. The average Bonchev–Trinajstić information content (AvgIpc) is 3.30. The van der Waals surface area contributed by atoms with Gasteiger partial charge in [-0.1, -0.05) is 58.7 Å². The highest BCUT2D eigenvalue weighted by molar-refractivity contribution is 7.98. The van der Waals surface area contributed by atoms with Crippen LogP contribution in [0.2, 0.25) is 10.0 Å². The van der Waals surface area contributed by atoms with Crippen LogP contribution in [0.1, 0.15) is 30.7 Å². The Bertz CT molecular complexity index is 1090. The van der Waals surface area contributed by atoms with Crippen molar-refractivity contribution < 1.29 is 9.32 Å². The minimum atomic E-state index is -0.0181. The Morgan fingerprint density at radius 1 is 1.15 bits per heavy atom. The van der Waals surface area contributed by atoms with Gasteiger partial charge in [-0.25, -0.2) is 0 Å². The summed E-state index contributed by atoms with van der Waals surface area (Å²) < 4.78 is 5.44. The van der Waals surface area contributed by atoms with Crippen LogP contribution in [0.25, 0.3) is 11.4 Å². The van der Waals surface area contributed by atoms with Crippen LogP contribution in [-0.2, 0) is 17.1 Å². The summed E-state index contributed by atoms with van der Waals surface area (Å²) >= 11 is 14.3. The Morgan fingerprint density at radius 3 is 2.76 bits per heavy atom. The van der Waals surface area contributed by atoms with Crippen molar-refractivity contribution >= 4 is 40.9 Å². The van der Waals surface area contributed by atoms with Crippen LogP contribution in [0, 0.1) is 5.92 Å². The highest BCUT2D eigenvalue weighted by atomic mass is 35.5. The molecule has 0 aliphatic carbocycles. The summed E-state index contributed by atoms with van der Waals surface area (Å²) in [7, 11) is 0. The van der Waals surface area contributed by atoms with Crippen LogP contribution in [0.3, 0.4) is 0 Å². The molecule has 0 spiro atoms. The molecule has 1 fully saturated rings. The molecule has 1 N–H and O–H groups in total. The maximum absolute atomic E-state index is 12.7. The van der Waals surface area contributed by atoms with Crippen molar-refractivity contribution in [2.45, 2.75) is 31.6 Å². The first kappa shape index (κ1) is 25.0. The maximum Gasteiger partial charge on any atom is 0.241 e. The lowest BCUT2D eigenvalue weighted by Gasteiger charge is -2.30. The summed E-state index contributed by atoms with van der Waals surface area (Å²) in [6.07, 6.45) is 2.81. The van der Waals surface area contributed by atoms with Crippen LogP contribution >= 0.6 is 35.0 Å². The van der Waals surface area contributed by atoms with Crippen LogP contribution in [0.5, 0.6) is 0 Å². The zero-order valence-electron chi connectivity index (χ0n) is 18.9. The van der Waals surface area contributed by atoms with E-state index in [4.69, 9.17) is 27.7 Å². The summed E-state index contributed by atoms with van der Waals surface area (Å²) in [6.45, 7) is 2.82. The number of nitrogens with zero attached hydrogens (tertiary/aromatic N) is 3. The summed E-state index contributed by atoms with van der Waals surface area (Å²) in [4.78, 5) is 19.4. The number of halogens is 2. The fourth-order valence-corrected chi connectivity index (χ4v) is 5.47. The molecule has 0 saturated carbocycles. The van der Waals surface area contributed by atoms with Crippen LogP contribution in [0.4, 0.5) is 0 Å². The minimum Gasteiger partial charge on any atom is -0.356 e. The summed E-state index contributed by atoms with van der Waals surface area (Å²) in [6, 6.07) is 15.4. The molecule has 0 radical (unpaired) electrons. The first-order valence-electron chi connectivity index (χ1n) is 11.5. The second-order valence-corrected chi connectivity index (χ2v) is 10.3. The van der Waals surface area contributed by atoms with E-state index in [0.29, 0.717) is 36.4 Å². The van der Waals surface area contributed by atoms with E-state index in [9.17, 15) is 4.79 Å². The quantitative estimate of drug-likeness (QED) is 0.347. The van der Waals surface area contributed by atoms with Crippen molar-refractivity contribution in [1.82, 2.24) is 20.4 Å². The number of nitrogens with one attached hydrogen (secondary N) is 1. The van der Waals surface area contributed by atoms with E-state index in [-0.39, 0.29) is 11.8 Å². The molecule has 1 aliphatic rings. The molecule has 1 saturated heterocycles. The number of benzene rings is 2. The lowest BCUT2D eigenvalue weighted by Crippen LogP contribution is -2.43. The molecule has 2 aromatic carbocycles. The Labute approximate surface area is 214 Å². The highest BCUT2D eigenvalue weighted by Crippen LogP contribution is 2.26. The highest BCUT2D eigenvalue weighted by Gasteiger charge is 2.26. The van der Waals surface area contributed by atoms with Gasteiger partial charge < -0.3 is 9.84 Å². The second kappa shape index (κ2) is 12.6. The monoisotopic (exact) mass is 518 g/mol. The molecule has 1 atom stereocenters. The van der Waals surface area contributed by atoms with E-state index in [1.165, 1.54) is 0 Å². The van der Waals surface area contributed by atoms with E-state index < -0.39 is 0 Å². The van der Waals surface area contributed by atoms with Gasteiger partial charge in [0.1, 0.15) is 0 Å². The van der Waals surface area contributed by atoms with Gasteiger partial charge in [0, 0.05) is 29.4 Å². The number of hydrogen-bond donors (Lipinski definition) is 1. The molecule has 180 valence electrons. The van der Waals surface area contributed by atoms with Crippen LogP contribution < -0.4 is 5.32 Å². The Kier molecular flexibility index (Phi) is 9.27. The molecule has 3 aromatic rings. The number of likely N-dealkylation sites (tertiary alicyclic amines) is 1. The van der Waals surface area contributed by atoms with E-state index in [1.807, 2.05) is 48.2 Å². The van der Waals surface area contributed by atoms with Gasteiger partial charge >= 0.3 is 0 Å². The lowest BCUT2D eigenvalue weighted by molar-refractivity contribution is -0.126. The van der Waals surface area contributed by atoms with E-state index in [1.54, 1.807) is 6.07 Å². The zero-order chi connectivity index (χ0) is 23.8. The van der Waals surface area contributed by atoms with Gasteiger partial charge in [-0.05, 0) is 55.3 Å². The van der Waals surface area contributed by atoms with Crippen molar-refractivity contribution in [3.05, 3.63) is 70.0 Å². The average molecular weight is 519 g/mol. The summed E-state index contributed by atoms with van der Waals surface area (Å²) in [5.74, 6) is 3.00. The fraction of sp³-hybridized carbons (Fsp3) is 0.400. The maximum atomic E-state index is 12.7. The summed E-state index contributed by atoms with van der Waals surface area (Å²) in [5, 5.41) is 8.58. The molecule has 1 aromatic heterocycles. The predicted octanol–water partition coefficient (Wildman–Crippen LogP) is 5.70. The number of rotatable bonds is 10. The molecule has 6 nitrogen and oxygen atoms in total. The van der Waals surface area contributed by atoms with Crippen molar-refractivity contribution in [2.24, 2.45) is 5.92 Å².